The van der Waals surface area contributed by atoms with E-state index in [0.717, 1.165) is 38.4 Å². The number of aryl methyl sites for hydroxylation is 1. The number of aliphatic hydroxyl groups excluding tert-OH is 1. The van der Waals surface area contributed by atoms with E-state index < -0.39 is 0 Å². The van der Waals surface area contributed by atoms with Gasteiger partial charge in [0.2, 0.25) is 5.91 Å². The van der Waals surface area contributed by atoms with Crippen LogP contribution in [-0.4, -0.2) is 63.2 Å². The summed E-state index contributed by atoms with van der Waals surface area (Å²) >= 11 is 0. The smallest absolute Gasteiger partial charge is 0.222 e. The highest BCUT2D eigenvalue weighted by Gasteiger charge is 2.41. The van der Waals surface area contributed by atoms with E-state index in [9.17, 15) is 4.79 Å². The second kappa shape index (κ2) is 6.38. The number of piperidine rings is 2. The van der Waals surface area contributed by atoms with E-state index in [0.29, 0.717) is 13.0 Å². The maximum Gasteiger partial charge on any atom is 0.222 e. The van der Waals surface area contributed by atoms with Crippen LogP contribution in [0.3, 0.4) is 0 Å². The second-order valence-electron chi connectivity index (χ2n) is 6.81. The SMILES string of the molecule is Cn1ccnc1CN1CCCC2(CCC(=O)N(CCO)C2)C1. The first-order chi connectivity index (χ1) is 10.6. The van der Waals surface area contributed by atoms with E-state index >= 15 is 0 Å². The molecule has 0 radical (unpaired) electrons. The molecular formula is C16H26N4O2. The normalized spacial score (nSPS) is 26.8. The lowest BCUT2D eigenvalue weighted by Crippen LogP contribution is -2.54. The molecule has 1 spiro atoms. The Morgan fingerprint density at radius 3 is 2.95 bits per heavy atom. The highest BCUT2D eigenvalue weighted by Crippen LogP contribution is 2.39. The molecule has 3 rings (SSSR count). The van der Waals surface area contributed by atoms with Crippen LogP contribution in [0, 0.1) is 5.41 Å². The van der Waals surface area contributed by atoms with E-state index in [1.807, 2.05) is 24.3 Å². The Morgan fingerprint density at radius 2 is 2.23 bits per heavy atom. The molecule has 1 aromatic rings. The number of hydrogen-bond acceptors (Lipinski definition) is 4. The number of carbonyl (C=O) groups is 1. The first kappa shape index (κ1) is 15.5. The summed E-state index contributed by atoms with van der Waals surface area (Å²) in [6.45, 7) is 4.32. The van der Waals surface area contributed by atoms with Crippen molar-refractivity contribution in [2.45, 2.75) is 32.2 Å². The van der Waals surface area contributed by atoms with Crippen molar-refractivity contribution in [2.24, 2.45) is 12.5 Å². The predicted molar refractivity (Wildman–Crippen MR) is 83.1 cm³/mol. The van der Waals surface area contributed by atoms with Crippen molar-refractivity contribution < 1.29 is 9.90 Å². The van der Waals surface area contributed by atoms with Gasteiger partial charge in [0, 0.05) is 50.9 Å². The van der Waals surface area contributed by atoms with Gasteiger partial charge in [-0.25, -0.2) is 4.98 Å². The fourth-order valence-corrected chi connectivity index (χ4v) is 3.95. The fraction of sp³-hybridized carbons (Fsp3) is 0.750. The van der Waals surface area contributed by atoms with Gasteiger partial charge in [-0.2, -0.15) is 0 Å². The van der Waals surface area contributed by atoms with E-state index in [2.05, 4.69) is 14.5 Å². The van der Waals surface area contributed by atoms with Crippen LogP contribution in [0.15, 0.2) is 12.4 Å². The molecule has 1 atom stereocenters. The molecule has 122 valence electrons. The Morgan fingerprint density at radius 1 is 1.36 bits per heavy atom. The van der Waals surface area contributed by atoms with Crippen LogP contribution in [-0.2, 0) is 18.4 Å². The van der Waals surface area contributed by atoms with Gasteiger partial charge in [0.1, 0.15) is 5.82 Å². The Labute approximate surface area is 131 Å². The molecule has 6 heteroatoms. The van der Waals surface area contributed by atoms with Crippen molar-refractivity contribution in [3.8, 4) is 0 Å². The lowest BCUT2D eigenvalue weighted by Gasteiger charge is -2.48. The average Bonchev–Trinajstić information content (AvgIpc) is 2.89. The van der Waals surface area contributed by atoms with Crippen LogP contribution in [0.5, 0.6) is 0 Å². The van der Waals surface area contributed by atoms with E-state index in [1.54, 1.807) is 0 Å². The highest BCUT2D eigenvalue weighted by atomic mass is 16.3. The van der Waals surface area contributed by atoms with E-state index in [1.165, 1.54) is 12.8 Å². The maximum atomic E-state index is 12.0. The molecule has 2 aliphatic rings. The van der Waals surface area contributed by atoms with Crippen molar-refractivity contribution >= 4 is 5.91 Å². The van der Waals surface area contributed by atoms with Crippen LogP contribution < -0.4 is 0 Å². The Hall–Kier alpha value is -1.40. The first-order valence-electron chi connectivity index (χ1n) is 8.19. The minimum absolute atomic E-state index is 0.0544. The van der Waals surface area contributed by atoms with Gasteiger partial charge in [0.25, 0.3) is 0 Å². The number of hydrogen-bond donors (Lipinski definition) is 1. The highest BCUT2D eigenvalue weighted by molar-refractivity contribution is 5.77. The van der Waals surface area contributed by atoms with Gasteiger partial charge in [-0.1, -0.05) is 0 Å². The standard InChI is InChI=1S/C16H26N4O2/c1-18-8-6-17-14(18)11-19-7-2-4-16(12-19)5-3-15(22)20(13-16)9-10-21/h6,8,21H,2-5,7,9-13H2,1H3. The molecule has 2 saturated heterocycles. The molecule has 1 amide bonds. The van der Waals surface area contributed by atoms with Crippen molar-refractivity contribution in [1.82, 2.24) is 19.4 Å². The zero-order chi connectivity index (χ0) is 15.6. The molecule has 0 aromatic carbocycles. The number of aromatic nitrogens is 2. The lowest BCUT2D eigenvalue weighted by atomic mass is 9.73. The Balaban J connectivity index is 1.66. The summed E-state index contributed by atoms with van der Waals surface area (Å²) in [6.07, 6.45) is 7.78. The molecular weight excluding hydrogens is 280 g/mol. The van der Waals surface area contributed by atoms with Crippen LogP contribution >= 0.6 is 0 Å². The van der Waals surface area contributed by atoms with Gasteiger partial charge < -0.3 is 14.6 Å². The molecule has 6 nitrogen and oxygen atoms in total. The summed E-state index contributed by atoms with van der Waals surface area (Å²) in [7, 11) is 2.03. The van der Waals surface area contributed by atoms with Crippen LogP contribution in [0.25, 0.3) is 0 Å². The lowest BCUT2D eigenvalue weighted by molar-refractivity contribution is -0.140. The number of amides is 1. The largest absolute Gasteiger partial charge is 0.395 e. The summed E-state index contributed by atoms with van der Waals surface area (Å²) < 4.78 is 2.07. The quantitative estimate of drug-likeness (QED) is 0.886. The van der Waals surface area contributed by atoms with Crippen LogP contribution in [0.4, 0.5) is 0 Å². The van der Waals surface area contributed by atoms with Crippen molar-refractivity contribution in [1.29, 1.82) is 0 Å². The molecule has 1 unspecified atom stereocenters. The molecule has 0 saturated carbocycles. The monoisotopic (exact) mass is 306 g/mol. The summed E-state index contributed by atoms with van der Waals surface area (Å²) in [5, 5.41) is 9.16. The number of carbonyl (C=O) groups excluding carboxylic acids is 1. The maximum absolute atomic E-state index is 12.0. The molecule has 3 heterocycles. The first-order valence-corrected chi connectivity index (χ1v) is 8.19. The summed E-state index contributed by atoms with van der Waals surface area (Å²) in [6, 6.07) is 0. The summed E-state index contributed by atoms with van der Waals surface area (Å²) in [4.78, 5) is 20.7. The number of rotatable bonds is 4. The number of β-amino-alcohol motifs (C(OH)–C–C–N with tert-alkyl or cyclic N) is 1. The van der Waals surface area contributed by atoms with E-state index in [-0.39, 0.29) is 17.9 Å². The number of nitrogens with zero attached hydrogens (tertiary/aromatic N) is 4. The second-order valence-corrected chi connectivity index (χ2v) is 6.81. The number of imidazole rings is 1. The third kappa shape index (κ3) is 3.17. The zero-order valence-electron chi connectivity index (χ0n) is 13.4. The Kier molecular flexibility index (Phi) is 4.49. The van der Waals surface area contributed by atoms with Crippen molar-refractivity contribution in [2.75, 3.05) is 32.8 Å². The van der Waals surface area contributed by atoms with Gasteiger partial charge in [-0.3, -0.25) is 9.69 Å². The third-order valence-electron chi connectivity index (χ3n) is 5.14. The molecule has 1 aromatic heterocycles. The minimum atomic E-state index is 0.0544. The van der Waals surface area contributed by atoms with Crippen LogP contribution in [0.1, 0.15) is 31.5 Å². The summed E-state index contributed by atoms with van der Waals surface area (Å²) in [5.41, 5.74) is 0.201. The molecule has 1 N–H and O–H groups in total. The van der Waals surface area contributed by atoms with Crippen LogP contribution in [0.2, 0.25) is 0 Å². The van der Waals surface area contributed by atoms with Gasteiger partial charge in [0.05, 0.1) is 13.2 Å². The number of aliphatic hydroxyl groups is 1. The molecule has 0 bridgehead atoms. The molecule has 0 aliphatic carbocycles. The number of likely N-dealkylation sites (tertiary alicyclic amines) is 2. The van der Waals surface area contributed by atoms with Crippen molar-refractivity contribution in [3.63, 3.8) is 0 Å². The van der Waals surface area contributed by atoms with E-state index in [4.69, 9.17) is 5.11 Å². The molecule has 2 fully saturated rings. The zero-order valence-corrected chi connectivity index (χ0v) is 13.4. The van der Waals surface area contributed by atoms with Gasteiger partial charge in [-0.05, 0) is 25.8 Å². The molecule has 22 heavy (non-hydrogen) atoms. The van der Waals surface area contributed by atoms with Gasteiger partial charge in [-0.15, -0.1) is 0 Å². The average molecular weight is 306 g/mol. The fourth-order valence-electron chi connectivity index (χ4n) is 3.95. The third-order valence-corrected chi connectivity index (χ3v) is 5.14. The van der Waals surface area contributed by atoms with Gasteiger partial charge in [0.15, 0.2) is 0 Å². The molecule has 2 aliphatic heterocycles. The topological polar surface area (TPSA) is 61.6 Å². The van der Waals surface area contributed by atoms with Gasteiger partial charge >= 0.3 is 0 Å². The summed E-state index contributed by atoms with van der Waals surface area (Å²) in [5.74, 6) is 1.29. The minimum Gasteiger partial charge on any atom is -0.395 e. The predicted octanol–water partition coefficient (Wildman–Crippen LogP) is 0.617. The van der Waals surface area contributed by atoms with Crippen molar-refractivity contribution in [3.05, 3.63) is 18.2 Å². The Bertz CT molecular complexity index is 530.